The van der Waals surface area contributed by atoms with Crippen molar-refractivity contribution in [1.29, 1.82) is 0 Å². The minimum absolute atomic E-state index is 0.110. The number of carbonyl (C=O) groups is 1. The molecule has 0 aliphatic carbocycles. The quantitative estimate of drug-likeness (QED) is 0.725. The number of nitrogens with two attached hydrogens (primary N) is 1. The Kier molecular flexibility index (Phi) is 2.82. The largest absolute Gasteiger partial charge is 0.397 e. The molecule has 80 valence electrons. The minimum Gasteiger partial charge on any atom is -0.397 e. The highest BCUT2D eigenvalue weighted by Gasteiger charge is 2.18. The topological polar surface area (TPSA) is 77.2 Å². The van der Waals surface area contributed by atoms with Crippen LogP contribution in [0.15, 0.2) is 18.5 Å². The number of nitrogen functional groups attached to an aromatic ring is 1. The highest BCUT2D eigenvalue weighted by molar-refractivity contribution is 5.94. The van der Waals surface area contributed by atoms with E-state index < -0.39 is 0 Å². The van der Waals surface area contributed by atoms with Crippen LogP contribution in [0.25, 0.3) is 0 Å². The molecule has 0 spiro atoms. The lowest BCUT2D eigenvalue weighted by Crippen LogP contribution is -2.35. The van der Waals surface area contributed by atoms with Crippen LogP contribution in [0, 0.1) is 0 Å². The Balaban J connectivity index is 2.01. The monoisotopic (exact) mass is 207 g/mol. The second kappa shape index (κ2) is 4.27. The number of pyridine rings is 1. The van der Waals surface area contributed by atoms with Gasteiger partial charge in [0.25, 0.3) is 5.91 Å². The third-order valence-electron chi connectivity index (χ3n) is 2.29. The zero-order chi connectivity index (χ0) is 10.7. The Morgan fingerprint density at radius 2 is 2.47 bits per heavy atom. The van der Waals surface area contributed by atoms with Gasteiger partial charge < -0.3 is 15.8 Å². The molecular formula is C10H13N3O2. The molecule has 1 aliphatic heterocycles. The SMILES string of the molecule is Nc1cncc(C(=O)NC2CCOC2)c1. The summed E-state index contributed by atoms with van der Waals surface area (Å²) in [6, 6.07) is 1.72. The van der Waals surface area contributed by atoms with E-state index in [-0.39, 0.29) is 11.9 Å². The van der Waals surface area contributed by atoms with Crippen molar-refractivity contribution in [2.75, 3.05) is 18.9 Å². The summed E-state index contributed by atoms with van der Waals surface area (Å²) in [6.45, 7) is 1.29. The summed E-state index contributed by atoms with van der Waals surface area (Å²) in [5.41, 5.74) is 6.52. The van der Waals surface area contributed by atoms with Crippen LogP contribution in [0.1, 0.15) is 16.8 Å². The fraction of sp³-hybridized carbons (Fsp3) is 0.400. The van der Waals surface area contributed by atoms with Crippen molar-refractivity contribution in [1.82, 2.24) is 10.3 Å². The summed E-state index contributed by atoms with van der Waals surface area (Å²) >= 11 is 0. The van der Waals surface area contributed by atoms with Gasteiger partial charge in [-0.05, 0) is 12.5 Å². The molecule has 0 radical (unpaired) electrons. The average molecular weight is 207 g/mol. The standard InChI is InChI=1S/C10H13N3O2/c11-8-3-7(4-12-5-8)10(14)13-9-1-2-15-6-9/h3-5,9H,1-2,6,11H2,(H,13,14). The lowest BCUT2D eigenvalue weighted by atomic mass is 10.2. The van der Waals surface area contributed by atoms with Crippen LogP contribution in [0.5, 0.6) is 0 Å². The predicted octanol–water partition coefficient (Wildman–Crippen LogP) is 0.182. The molecule has 0 bridgehead atoms. The normalized spacial score (nSPS) is 20.1. The van der Waals surface area contributed by atoms with Crippen molar-refractivity contribution in [3.8, 4) is 0 Å². The first-order valence-electron chi connectivity index (χ1n) is 4.85. The minimum atomic E-state index is -0.148. The fourth-order valence-corrected chi connectivity index (χ4v) is 1.50. The van der Waals surface area contributed by atoms with Gasteiger partial charge in [-0.1, -0.05) is 0 Å². The first-order chi connectivity index (χ1) is 7.25. The molecule has 1 aromatic heterocycles. The Bertz CT molecular complexity index is 361. The van der Waals surface area contributed by atoms with Gasteiger partial charge in [-0.3, -0.25) is 9.78 Å². The molecule has 15 heavy (non-hydrogen) atoms. The molecule has 1 unspecified atom stereocenters. The Morgan fingerprint density at radius 3 is 3.13 bits per heavy atom. The summed E-state index contributed by atoms with van der Waals surface area (Å²) in [5.74, 6) is -0.148. The van der Waals surface area contributed by atoms with Crippen LogP contribution in [0.4, 0.5) is 5.69 Å². The first kappa shape index (κ1) is 9.92. The van der Waals surface area contributed by atoms with Crippen molar-refractivity contribution in [3.05, 3.63) is 24.0 Å². The van der Waals surface area contributed by atoms with E-state index in [9.17, 15) is 4.79 Å². The van der Waals surface area contributed by atoms with Gasteiger partial charge in [0.15, 0.2) is 0 Å². The molecule has 1 fully saturated rings. The lowest BCUT2D eigenvalue weighted by molar-refractivity contribution is 0.0929. The van der Waals surface area contributed by atoms with E-state index in [1.165, 1.54) is 12.4 Å². The molecule has 5 heteroatoms. The molecule has 5 nitrogen and oxygen atoms in total. The van der Waals surface area contributed by atoms with Gasteiger partial charge in [0.1, 0.15) is 0 Å². The van der Waals surface area contributed by atoms with Crippen molar-refractivity contribution in [2.24, 2.45) is 0 Å². The molecule has 1 atom stereocenters. The van der Waals surface area contributed by atoms with Crippen molar-refractivity contribution < 1.29 is 9.53 Å². The van der Waals surface area contributed by atoms with E-state index >= 15 is 0 Å². The van der Waals surface area contributed by atoms with E-state index in [0.717, 1.165) is 6.42 Å². The van der Waals surface area contributed by atoms with Crippen molar-refractivity contribution in [3.63, 3.8) is 0 Å². The van der Waals surface area contributed by atoms with Gasteiger partial charge >= 0.3 is 0 Å². The highest BCUT2D eigenvalue weighted by Crippen LogP contribution is 2.07. The fourth-order valence-electron chi connectivity index (χ4n) is 1.50. The number of carbonyl (C=O) groups excluding carboxylic acids is 1. The summed E-state index contributed by atoms with van der Waals surface area (Å²) in [6.07, 6.45) is 3.87. The van der Waals surface area contributed by atoms with Gasteiger partial charge in [-0.15, -0.1) is 0 Å². The number of nitrogens with one attached hydrogen (secondary N) is 1. The zero-order valence-corrected chi connectivity index (χ0v) is 8.27. The van der Waals surface area contributed by atoms with Gasteiger partial charge in [0, 0.05) is 19.0 Å². The molecule has 1 saturated heterocycles. The number of hydrogen-bond donors (Lipinski definition) is 2. The molecule has 1 amide bonds. The Morgan fingerprint density at radius 1 is 1.60 bits per heavy atom. The summed E-state index contributed by atoms with van der Waals surface area (Å²) in [7, 11) is 0. The third kappa shape index (κ3) is 2.44. The zero-order valence-electron chi connectivity index (χ0n) is 8.27. The lowest BCUT2D eigenvalue weighted by Gasteiger charge is -2.10. The van der Waals surface area contributed by atoms with Gasteiger partial charge in [-0.25, -0.2) is 0 Å². The molecule has 1 aromatic rings. The first-order valence-corrected chi connectivity index (χ1v) is 4.85. The van der Waals surface area contributed by atoms with E-state index in [2.05, 4.69) is 10.3 Å². The number of hydrogen-bond acceptors (Lipinski definition) is 4. The number of amides is 1. The number of rotatable bonds is 2. The average Bonchev–Trinajstić information content (AvgIpc) is 2.70. The Hall–Kier alpha value is -1.62. The van der Waals surface area contributed by atoms with Gasteiger partial charge in [0.2, 0.25) is 0 Å². The number of ether oxygens (including phenoxy) is 1. The van der Waals surface area contributed by atoms with E-state index in [0.29, 0.717) is 24.5 Å². The van der Waals surface area contributed by atoms with Crippen molar-refractivity contribution in [2.45, 2.75) is 12.5 Å². The molecule has 2 rings (SSSR count). The maximum absolute atomic E-state index is 11.7. The van der Waals surface area contributed by atoms with Gasteiger partial charge in [0.05, 0.1) is 23.9 Å². The van der Waals surface area contributed by atoms with E-state index in [1.54, 1.807) is 6.07 Å². The molecule has 1 aliphatic rings. The predicted molar refractivity (Wildman–Crippen MR) is 55.3 cm³/mol. The van der Waals surface area contributed by atoms with Crippen LogP contribution in [-0.2, 0) is 4.74 Å². The summed E-state index contributed by atoms with van der Waals surface area (Å²) < 4.78 is 5.16. The maximum atomic E-state index is 11.7. The van der Waals surface area contributed by atoms with E-state index in [4.69, 9.17) is 10.5 Å². The van der Waals surface area contributed by atoms with Crippen LogP contribution in [0.2, 0.25) is 0 Å². The Labute approximate surface area is 87.6 Å². The molecule has 0 saturated carbocycles. The van der Waals surface area contributed by atoms with Crippen LogP contribution < -0.4 is 11.1 Å². The number of anilines is 1. The summed E-state index contributed by atoms with van der Waals surface area (Å²) in [4.78, 5) is 15.6. The maximum Gasteiger partial charge on any atom is 0.253 e. The van der Waals surface area contributed by atoms with Crippen LogP contribution in [0.3, 0.4) is 0 Å². The number of nitrogens with zero attached hydrogens (tertiary/aromatic N) is 1. The smallest absolute Gasteiger partial charge is 0.253 e. The second-order valence-electron chi connectivity index (χ2n) is 3.54. The molecule has 0 aromatic carbocycles. The van der Waals surface area contributed by atoms with Crippen LogP contribution >= 0.6 is 0 Å². The molecular weight excluding hydrogens is 194 g/mol. The third-order valence-corrected chi connectivity index (χ3v) is 2.29. The second-order valence-corrected chi connectivity index (χ2v) is 3.54. The van der Waals surface area contributed by atoms with Gasteiger partial charge in [-0.2, -0.15) is 0 Å². The summed E-state index contributed by atoms with van der Waals surface area (Å²) in [5, 5.41) is 2.86. The van der Waals surface area contributed by atoms with Crippen LogP contribution in [-0.4, -0.2) is 30.1 Å². The molecule has 2 heterocycles. The highest BCUT2D eigenvalue weighted by atomic mass is 16.5. The van der Waals surface area contributed by atoms with E-state index in [1.807, 2.05) is 0 Å². The van der Waals surface area contributed by atoms with Crippen molar-refractivity contribution >= 4 is 11.6 Å². The molecule has 3 N–H and O–H groups in total. The number of aromatic nitrogens is 1.